The highest BCUT2D eigenvalue weighted by molar-refractivity contribution is 9.10. The van der Waals surface area contributed by atoms with E-state index < -0.39 is 0 Å². The third-order valence-electron chi connectivity index (χ3n) is 2.77. The minimum atomic E-state index is 0.165. The first-order valence-corrected chi connectivity index (χ1v) is 6.36. The van der Waals surface area contributed by atoms with Crippen molar-refractivity contribution in [1.29, 1.82) is 0 Å². The van der Waals surface area contributed by atoms with E-state index in [1.165, 1.54) is 11.1 Å². The van der Waals surface area contributed by atoms with E-state index in [1.54, 1.807) is 0 Å². The van der Waals surface area contributed by atoms with Gasteiger partial charge < -0.3 is 5.32 Å². The van der Waals surface area contributed by atoms with E-state index >= 15 is 0 Å². The Labute approximate surface area is 110 Å². The molecule has 1 unspecified atom stereocenters. The summed E-state index contributed by atoms with van der Waals surface area (Å²) in [6.45, 7) is 2.00. The number of aromatic nitrogens is 1. The summed E-state index contributed by atoms with van der Waals surface area (Å²) in [5.74, 6) is 0. The Morgan fingerprint density at radius 3 is 2.53 bits per heavy atom. The Kier molecular flexibility index (Phi) is 3.92. The van der Waals surface area contributed by atoms with Crippen molar-refractivity contribution in [3.63, 3.8) is 0 Å². The highest BCUT2D eigenvalue weighted by atomic mass is 79.9. The minimum absolute atomic E-state index is 0.165. The van der Waals surface area contributed by atoms with Gasteiger partial charge in [-0.05, 0) is 37.2 Å². The minimum Gasteiger partial charge on any atom is -0.309 e. The van der Waals surface area contributed by atoms with Crippen LogP contribution in [-0.2, 0) is 0 Å². The Hall–Kier alpha value is -1.19. The molecule has 1 heterocycles. The molecule has 0 aliphatic carbocycles. The Morgan fingerprint density at radius 2 is 1.94 bits per heavy atom. The number of pyridine rings is 1. The van der Waals surface area contributed by atoms with E-state index in [4.69, 9.17) is 0 Å². The van der Waals surface area contributed by atoms with Crippen LogP contribution in [-0.4, -0.2) is 12.0 Å². The summed E-state index contributed by atoms with van der Waals surface area (Å²) >= 11 is 3.59. The molecule has 0 bridgehead atoms. The third kappa shape index (κ3) is 2.73. The zero-order valence-corrected chi connectivity index (χ0v) is 11.5. The molecule has 2 nitrogen and oxygen atoms in total. The maximum Gasteiger partial charge on any atom is 0.0600 e. The molecule has 0 radical (unpaired) electrons. The van der Waals surface area contributed by atoms with Crippen LogP contribution < -0.4 is 5.32 Å². The number of halogens is 1. The molecule has 0 amide bonds. The van der Waals surface area contributed by atoms with E-state index in [0.717, 1.165) is 10.2 Å². The van der Waals surface area contributed by atoms with Gasteiger partial charge in [0.25, 0.3) is 0 Å². The van der Waals surface area contributed by atoms with Gasteiger partial charge in [0, 0.05) is 16.4 Å². The largest absolute Gasteiger partial charge is 0.309 e. The van der Waals surface area contributed by atoms with Crippen LogP contribution in [0.15, 0.2) is 47.1 Å². The fraction of sp³-hybridized carbons (Fsp3) is 0.214. The van der Waals surface area contributed by atoms with E-state index in [9.17, 15) is 0 Å². The molecule has 1 aromatic heterocycles. The average molecular weight is 291 g/mol. The number of rotatable bonds is 3. The summed E-state index contributed by atoms with van der Waals surface area (Å²) in [5.41, 5.74) is 3.43. The topological polar surface area (TPSA) is 24.9 Å². The molecule has 1 aromatic carbocycles. The number of aryl methyl sites for hydroxylation is 1. The standard InChI is InChI=1S/C14H15BrN2/c1-10-7-8-11(9-17-10)14(16-2)12-5-3-4-6-13(12)15/h3-9,14,16H,1-2H3. The van der Waals surface area contributed by atoms with Crippen LogP contribution >= 0.6 is 15.9 Å². The van der Waals surface area contributed by atoms with Crippen LogP contribution in [0.4, 0.5) is 0 Å². The predicted octanol–water partition coefficient (Wildman–Crippen LogP) is 3.46. The van der Waals surface area contributed by atoms with Crippen molar-refractivity contribution >= 4 is 15.9 Å². The maximum absolute atomic E-state index is 4.35. The van der Waals surface area contributed by atoms with Crippen LogP contribution in [0, 0.1) is 6.92 Å². The highest BCUT2D eigenvalue weighted by Gasteiger charge is 2.14. The van der Waals surface area contributed by atoms with Crippen LogP contribution in [0.3, 0.4) is 0 Å². The number of benzene rings is 1. The summed E-state index contributed by atoms with van der Waals surface area (Å²) in [6, 6.07) is 12.6. The summed E-state index contributed by atoms with van der Waals surface area (Å²) in [4.78, 5) is 4.35. The van der Waals surface area contributed by atoms with Crippen molar-refractivity contribution in [3.8, 4) is 0 Å². The fourth-order valence-corrected chi connectivity index (χ4v) is 2.37. The monoisotopic (exact) mass is 290 g/mol. The van der Waals surface area contributed by atoms with Gasteiger partial charge in [0.2, 0.25) is 0 Å². The van der Waals surface area contributed by atoms with Crippen molar-refractivity contribution in [1.82, 2.24) is 10.3 Å². The van der Waals surface area contributed by atoms with Crippen LogP contribution in [0.5, 0.6) is 0 Å². The first-order chi connectivity index (χ1) is 8.22. The van der Waals surface area contributed by atoms with Gasteiger partial charge >= 0.3 is 0 Å². The van der Waals surface area contributed by atoms with Crippen molar-refractivity contribution in [2.75, 3.05) is 7.05 Å². The van der Waals surface area contributed by atoms with E-state index in [2.05, 4.69) is 44.4 Å². The van der Waals surface area contributed by atoms with Crippen molar-refractivity contribution in [2.45, 2.75) is 13.0 Å². The predicted molar refractivity (Wildman–Crippen MR) is 74.0 cm³/mol. The molecule has 0 aliphatic rings. The zero-order chi connectivity index (χ0) is 12.3. The number of hydrogen-bond acceptors (Lipinski definition) is 2. The molecule has 0 saturated heterocycles. The van der Waals surface area contributed by atoms with Crippen LogP contribution in [0.2, 0.25) is 0 Å². The average Bonchev–Trinajstić information content (AvgIpc) is 2.35. The SMILES string of the molecule is CNC(c1ccc(C)nc1)c1ccccc1Br. The smallest absolute Gasteiger partial charge is 0.0600 e. The number of nitrogens with one attached hydrogen (secondary N) is 1. The van der Waals surface area contributed by atoms with Crippen LogP contribution in [0.25, 0.3) is 0 Å². The number of hydrogen-bond donors (Lipinski definition) is 1. The number of nitrogens with zero attached hydrogens (tertiary/aromatic N) is 1. The zero-order valence-electron chi connectivity index (χ0n) is 9.94. The van der Waals surface area contributed by atoms with Crippen molar-refractivity contribution in [3.05, 3.63) is 63.9 Å². The molecule has 3 heteroatoms. The van der Waals surface area contributed by atoms with E-state index in [0.29, 0.717) is 0 Å². The van der Waals surface area contributed by atoms with Gasteiger partial charge in [-0.2, -0.15) is 0 Å². The fourth-order valence-electron chi connectivity index (χ4n) is 1.86. The van der Waals surface area contributed by atoms with Gasteiger partial charge in [-0.3, -0.25) is 4.98 Å². The van der Waals surface area contributed by atoms with Gasteiger partial charge in [-0.25, -0.2) is 0 Å². The van der Waals surface area contributed by atoms with Gasteiger partial charge in [0.15, 0.2) is 0 Å². The van der Waals surface area contributed by atoms with Gasteiger partial charge in [-0.15, -0.1) is 0 Å². The lowest BCUT2D eigenvalue weighted by molar-refractivity contribution is 0.685. The molecular weight excluding hydrogens is 276 g/mol. The third-order valence-corrected chi connectivity index (χ3v) is 3.49. The van der Waals surface area contributed by atoms with Gasteiger partial charge in [0.05, 0.1) is 6.04 Å². The molecule has 88 valence electrons. The lowest BCUT2D eigenvalue weighted by Crippen LogP contribution is -2.18. The Morgan fingerprint density at radius 1 is 1.18 bits per heavy atom. The van der Waals surface area contributed by atoms with E-state index in [1.807, 2.05) is 38.4 Å². The highest BCUT2D eigenvalue weighted by Crippen LogP contribution is 2.27. The molecule has 17 heavy (non-hydrogen) atoms. The lowest BCUT2D eigenvalue weighted by Gasteiger charge is -2.18. The molecule has 0 aliphatic heterocycles. The quantitative estimate of drug-likeness (QED) is 0.936. The summed E-state index contributed by atoms with van der Waals surface area (Å²) in [6.07, 6.45) is 1.93. The molecule has 0 saturated carbocycles. The second-order valence-electron chi connectivity index (χ2n) is 3.98. The lowest BCUT2D eigenvalue weighted by atomic mass is 10.0. The second-order valence-corrected chi connectivity index (χ2v) is 4.83. The Bertz CT molecular complexity index is 494. The summed E-state index contributed by atoms with van der Waals surface area (Å²) in [7, 11) is 1.96. The molecule has 0 spiro atoms. The first-order valence-electron chi connectivity index (χ1n) is 5.56. The van der Waals surface area contributed by atoms with Crippen LogP contribution in [0.1, 0.15) is 22.9 Å². The van der Waals surface area contributed by atoms with E-state index in [-0.39, 0.29) is 6.04 Å². The Balaban J connectivity index is 2.40. The molecule has 2 rings (SSSR count). The summed E-state index contributed by atoms with van der Waals surface area (Å²) < 4.78 is 1.11. The molecule has 1 N–H and O–H groups in total. The maximum atomic E-state index is 4.35. The van der Waals surface area contributed by atoms with Crippen molar-refractivity contribution < 1.29 is 0 Å². The second kappa shape index (κ2) is 5.43. The molecule has 1 atom stereocenters. The first kappa shape index (κ1) is 12.3. The van der Waals surface area contributed by atoms with Crippen molar-refractivity contribution in [2.24, 2.45) is 0 Å². The normalized spacial score (nSPS) is 12.4. The van der Waals surface area contributed by atoms with Gasteiger partial charge in [-0.1, -0.05) is 40.2 Å². The molecule has 2 aromatic rings. The summed E-state index contributed by atoms with van der Waals surface area (Å²) in [5, 5.41) is 3.32. The molecular formula is C14H15BrN2. The molecule has 0 fully saturated rings. The van der Waals surface area contributed by atoms with Gasteiger partial charge in [0.1, 0.15) is 0 Å².